The van der Waals surface area contributed by atoms with Gasteiger partial charge in [-0.3, -0.25) is 9.78 Å². The third-order valence-corrected chi connectivity index (χ3v) is 3.31. The van der Waals surface area contributed by atoms with E-state index in [-0.39, 0.29) is 5.56 Å². The molecule has 2 heterocycles. The number of hydrogen-bond donors (Lipinski definition) is 1. The zero-order valence-electron chi connectivity index (χ0n) is 11.2. The molecule has 1 saturated carbocycles. The summed E-state index contributed by atoms with van der Waals surface area (Å²) in [5.74, 6) is 1.62. The second-order valence-corrected chi connectivity index (χ2v) is 5.05. The summed E-state index contributed by atoms with van der Waals surface area (Å²) in [6.07, 6.45) is 7.61. The van der Waals surface area contributed by atoms with Crippen LogP contribution >= 0.6 is 0 Å². The second-order valence-electron chi connectivity index (χ2n) is 5.05. The minimum absolute atomic E-state index is 0.133. The Bertz CT molecular complexity index is 621. The monoisotopic (exact) mass is 271 g/mol. The molecule has 3 rings (SSSR count). The van der Waals surface area contributed by atoms with Gasteiger partial charge in [-0.15, -0.1) is 0 Å². The lowest BCUT2D eigenvalue weighted by molar-refractivity contribution is 0.297. The maximum absolute atomic E-state index is 11.5. The van der Waals surface area contributed by atoms with E-state index in [0.29, 0.717) is 18.4 Å². The fourth-order valence-corrected chi connectivity index (χ4v) is 2.08. The SMILES string of the molecule is O=c1cc(OCCCc2ccncc2)nc(C2CC2)[nH]1. The molecule has 0 radical (unpaired) electrons. The molecule has 0 unspecified atom stereocenters. The van der Waals surface area contributed by atoms with Crippen LogP contribution in [0.4, 0.5) is 0 Å². The Morgan fingerprint density at radius 1 is 1.30 bits per heavy atom. The Morgan fingerprint density at radius 3 is 2.85 bits per heavy atom. The van der Waals surface area contributed by atoms with Crippen LogP contribution in [0.15, 0.2) is 35.4 Å². The quantitative estimate of drug-likeness (QED) is 0.816. The van der Waals surface area contributed by atoms with Crippen LogP contribution in [-0.4, -0.2) is 21.6 Å². The molecule has 104 valence electrons. The smallest absolute Gasteiger partial charge is 0.254 e. The van der Waals surface area contributed by atoms with Crippen molar-refractivity contribution in [3.63, 3.8) is 0 Å². The minimum Gasteiger partial charge on any atom is -0.477 e. The zero-order valence-corrected chi connectivity index (χ0v) is 11.2. The molecule has 0 bridgehead atoms. The van der Waals surface area contributed by atoms with Gasteiger partial charge in [0, 0.05) is 18.3 Å². The topological polar surface area (TPSA) is 67.9 Å². The number of H-pyrrole nitrogens is 1. The van der Waals surface area contributed by atoms with Crippen LogP contribution in [0.3, 0.4) is 0 Å². The summed E-state index contributed by atoms with van der Waals surface area (Å²) in [4.78, 5) is 22.6. The van der Waals surface area contributed by atoms with Gasteiger partial charge in [-0.25, -0.2) is 0 Å². The van der Waals surface area contributed by atoms with Crippen molar-refractivity contribution in [3.05, 3.63) is 52.3 Å². The molecular formula is C15H17N3O2. The van der Waals surface area contributed by atoms with Crippen molar-refractivity contribution in [2.24, 2.45) is 0 Å². The molecule has 0 amide bonds. The number of aryl methyl sites for hydroxylation is 1. The van der Waals surface area contributed by atoms with E-state index in [9.17, 15) is 4.79 Å². The fourth-order valence-electron chi connectivity index (χ4n) is 2.08. The molecule has 0 atom stereocenters. The van der Waals surface area contributed by atoms with Gasteiger partial charge >= 0.3 is 0 Å². The molecule has 2 aromatic heterocycles. The van der Waals surface area contributed by atoms with Gasteiger partial charge in [0.2, 0.25) is 5.88 Å². The Balaban J connectivity index is 1.52. The number of ether oxygens (including phenoxy) is 1. The molecule has 0 aromatic carbocycles. The van der Waals surface area contributed by atoms with E-state index >= 15 is 0 Å². The second kappa shape index (κ2) is 5.86. The predicted octanol–water partition coefficient (Wildman–Crippen LogP) is 2.05. The highest BCUT2D eigenvalue weighted by atomic mass is 16.5. The number of rotatable bonds is 6. The van der Waals surface area contributed by atoms with E-state index in [0.717, 1.165) is 31.5 Å². The number of aromatic nitrogens is 3. The lowest BCUT2D eigenvalue weighted by Crippen LogP contribution is -2.12. The van der Waals surface area contributed by atoms with Crippen molar-refractivity contribution < 1.29 is 4.74 Å². The van der Waals surface area contributed by atoms with Crippen molar-refractivity contribution in [2.45, 2.75) is 31.6 Å². The molecule has 1 fully saturated rings. The van der Waals surface area contributed by atoms with Crippen LogP contribution in [0.2, 0.25) is 0 Å². The molecule has 5 heteroatoms. The van der Waals surface area contributed by atoms with Crippen LogP contribution in [0.25, 0.3) is 0 Å². The van der Waals surface area contributed by atoms with Gasteiger partial charge in [0.1, 0.15) is 5.82 Å². The van der Waals surface area contributed by atoms with Crippen LogP contribution in [0, 0.1) is 0 Å². The first kappa shape index (κ1) is 12.8. The van der Waals surface area contributed by atoms with Gasteiger partial charge in [-0.2, -0.15) is 4.98 Å². The summed E-state index contributed by atoms with van der Waals surface area (Å²) in [7, 11) is 0. The fraction of sp³-hybridized carbons (Fsp3) is 0.400. The minimum atomic E-state index is -0.133. The van der Waals surface area contributed by atoms with Gasteiger partial charge in [0.25, 0.3) is 5.56 Å². The maximum Gasteiger partial charge on any atom is 0.254 e. The summed E-state index contributed by atoms with van der Waals surface area (Å²) >= 11 is 0. The highest BCUT2D eigenvalue weighted by Crippen LogP contribution is 2.37. The molecule has 5 nitrogen and oxygen atoms in total. The molecule has 0 aliphatic heterocycles. The van der Waals surface area contributed by atoms with E-state index in [1.165, 1.54) is 11.6 Å². The van der Waals surface area contributed by atoms with Gasteiger partial charge < -0.3 is 9.72 Å². The Kier molecular flexibility index (Phi) is 3.76. The molecule has 1 N–H and O–H groups in total. The van der Waals surface area contributed by atoms with Crippen molar-refractivity contribution in [1.29, 1.82) is 0 Å². The maximum atomic E-state index is 11.5. The Labute approximate surface area is 117 Å². The summed E-state index contributed by atoms with van der Waals surface area (Å²) in [5.41, 5.74) is 1.10. The van der Waals surface area contributed by atoms with Crippen LogP contribution in [0.1, 0.15) is 36.6 Å². The summed E-state index contributed by atoms with van der Waals surface area (Å²) in [5, 5.41) is 0. The number of pyridine rings is 1. The van der Waals surface area contributed by atoms with E-state index in [2.05, 4.69) is 15.0 Å². The molecule has 1 aliphatic carbocycles. The predicted molar refractivity (Wildman–Crippen MR) is 74.9 cm³/mol. The van der Waals surface area contributed by atoms with E-state index in [4.69, 9.17) is 4.74 Å². The van der Waals surface area contributed by atoms with E-state index < -0.39 is 0 Å². The molecule has 1 aliphatic rings. The number of hydrogen-bond acceptors (Lipinski definition) is 4. The largest absolute Gasteiger partial charge is 0.477 e. The molecule has 0 saturated heterocycles. The third-order valence-electron chi connectivity index (χ3n) is 3.31. The molecular weight excluding hydrogens is 254 g/mol. The van der Waals surface area contributed by atoms with Crippen LogP contribution in [0.5, 0.6) is 5.88 Å². The highest BCUT2D eigenvalue weighted by molar-refractivity contribution is 5.14. The lowest BCUT2D eigenvalue weighted by atomic mass is 10.1. The normalized spacial score (nSPS) is 14.2. The number of nitrogens with zero attached hydrogens (tertiary/aromatic N) is 2. The highest BCUT2D eigenvalue weighted by Gasteiger charge is 2.26. The average Bonchev–Trinajstić information content (AvgIpc) is 3.29. The van der Waals surface area contributed by atoms with E-state index in [1.54, 1.807) is 12.4 Å². The summed E-state index contributed by atoms with van der Waals surface area (Å²) in [6, 6.07) is 5.41. The number of aromatic amines is 1. The standard InChI is InChI=1S/C15H17N3O2/c19-13-10-14(18-15(17-13)12-3-4-12)20-9-1-2-11-5-7-16-8-6-11/h5-8,10,12H,1-4,9H2,(H,17,18,19). The van der Waals surface area contributed by atoms with Gasteiger partial charge in [-0.05, 0) is 43.4 Å². The summed E-state index contributed by atoms with van der Waals surface area (Å²) in [6.45, 7) is 0.558. The van der Waals surface area contributed by atoms with Crippen LogP contribution in [-0.2, 0) is 6.42 Å². The Hall–Kier alpha value is -2.17. The van der Waals surface area contributed by atoms with Gasteiger partial charge in [-0.1, -0.05) is 0 Å². The van der Waals surface area contributed by atoms with E-state index in [1.807, 2.05) is 12.1 Å². The lowest BCUT2D eigenvalue weighted by Gasteiger charge is -2.06. The first-order valence-electron chi connectivity index (χ1n) is 6.94. The van der Waals surface area contributed by atoms with Crippen LogP contribution < -0.4 is 10.3 Å². The van der Waals surface area contributed by atoms with Gasteiger partial charge in [0.05, 0.1) is 12.7 Å². The average molecular weight is 271 g/mol. The first-order valence-corrected chi connectivity index (χ1v) is 6.94. The first-order chi connectivity index (χ1) is 9.81. The van der Waals surface area contributed by atoms with Crippen molar-refractivity contribution >= 4 is 0 Å². The molecule has 20 heavy (non-hydrogen) atoms. The third kappa shape index (κ3) is 3.44. The zero-order chi connectivity index (χ0) is 13.8. The van der Waals surface area contributed by atoms with Gasteiger partial charge in [0.15, 0.2) is 0 Å². The number of nitrogens with one attached hydrogen (secondary N) is 1. The Morgan fingerprint density at radius 2 is 2.10 bits per heavy atom. The molecule has 0 spiro atoms. The van der Waals surface area contributed by atoms with Crippen molar-refractivity contribution in [1.82, 2.24) is 15.0 Å². The van der Waals surface area contributed by atoms with Crippen molar-refractivity contribution in [3.8, 4) is 5.88 Å². The van der Waals surface area contributed by atoms with Crippen molar-refractivity contribution in [2.75, 3.05) is 6.61 Å². The summed E-state index contributed by atoms with van der Waals surface area (Å²) < 4.78 is 5.58. The molecule has 2 aromatic rings.